The molecule has 3 aromatic heterocycles. The summed E-state index contributed by atoms with van der Waals surface area (Å²) in [6, 6.07) is 34.4. The normalized spacial score (nSPS) is 15.3. The van der Waals surface area contributed by atoms with E-state index in [-0.39, 0.29) is 10.8 Å². The van der Waals surface area contributed by atoms with Crippen LogP contribution in [0.15, 0.2) is 109 Å². The van der Waals surface area contributed by atoms with Crippen LogP contribution >= 0.6 is 0 Å². The first-order valence-electron chi connectivity index (χ1n) is 15.0. The first-order chi connectivity index (χ1) is 20.8. The minimum atomic E-state index is -0.218. The van der Waals surface area contributed by atoms with Crippen LogP contribution in [0.4, 0.5) is 0 Å². The van der Waals surface area contributed by atoms with Gasteiger partial charge in [0.15, 0.2) is 5.82 Å². The molecule has 0 spiro atoms. The summed E-state index contributed by atoms with van der Waals surface area (Å²) in [7, 11) is 0. The second-order valence-corrected chi connectivity index (χ2v) is 13.0. The number of nitrogens with zero attached hydrogens (tertiary/aromatic N) is 4. The fourth-order valence-corrected chi connectivity index (χ4v) is 7.54. The molecule has 5 heterocycles. The van der Waals surface area contributed by atoms with Gasteiger partial charge in [-0.05, 0) is 34.9 Å². The number of pyridine rings is 1. The third-order valence-corrected chi connectivity index (χ3v) is 9.84. The van der Waals surface area contributed by atoms with Crippen molar-refractivity contribution in [1.29, 1.82) is 0 Å². The van der Waals surface area contributed by atoms with Crippen molar-refractivity contribution in [2.45, 2.75) is 38.5 Å². The fraction of sp³-hybridized carbons (Fsp3) is 0.154. The van der Waals surface area contributed by atoms with Crippen LogP contribution in [-0.4, -0.2) is 19.5 Å². The Balaban J connectivity index is 1.40. The van der Waals surface area contributed by atoms with Crippen molar-refractivity contribution in [1.82, 2.24) is 19.5 Å². The molecular formula is C39H30N4. The summed E-state index contributed by atoms with van der Waals surface area (Å²) in [4.78, 5) is 15.2. The molecule has 0 bridgehead atoms. The van der Waals surface area contributed by atoms with Crippen molar-refractivity contribution in [3.8, 4) is 39.6 Å². The molecular weight excluding hydrogens is 524 g/mol. The minimum Gasteiger partial charge on any atom is -0.308 e. The van der Waals surface area contributed by atoms with Gasteiger partial charge in [0, 0.05) is 56.2 Å². The molecule has 0 saturated heterocycles. The molecule has 0 N–H and O–H groups in total. The average Bonchev–Trinajstić information content (AvgIpc) is 3.38. The molecule has 4 nitrogen and oxygen atoms in total. The molecule has 2 aliphatic rings. The van der Waals surface area contributed by atoms with Gasteiger partial charge in [0.05, 0.1) is 28.1 Å². The Labute approximate surface area is 250 Å². The summed E-state index contributed by atoms with van der Waals surface area (Å²) >= 11 is 0. The highest BCUT2D eigenvalue weighted by molar-refractivity contribution is 6.14. The number of aromatic nitrogens is 4. The first-order valence-corrected chi connectivity index (χ1v) is 15.0. The van der Waals surface area contributed by atoms with Crippen LogP contribution in [-0.2, 0) is 10.8 Å². The van der Waals surface area contributed by atoms with Crippen molar-refractivity contribution in [3.05, 3.63) is 132 Å². The summed E-state index contributed by atoms with van der Waals surface area (Å²) in [5.74, 6) is 0.730. The highest BCUT2D eigenvalue weighted by Crippen LogP contribution is 2.55. The zero-order valence-corrected chi connectivity index (χ0v) is 24.7. The molecule has 4 heteroatoms. The molecule has 0 unspecified atom stereocenters. The monoisotopic (exact) mass is 554 g/mol. The smallest absolute Gasteiger partial charge is 0.160 e. The maximum Gasteiger partial charge on any atom is 0.160 e. The Kier molecular flexibility index (Phi) is 4.71. The van der Waals surface area contributed by atoms with Crippen molar-refractivity contribution in [2.24, 2.45) is 0 Å². The third kappa shape index (κ3) is 3.18. The Bertz CT molecular complexity index is 2220. The maximum atomic E-state index is 5.20. The van der Waals surface area contributed by atoms with Crippen LogP contribution in [0.25, 0.3) is 61.4 Å². The number of rotatable bonds is 3. The minimum absolute atomic E-state index is 0.156. The third-order valence-electron chi connectivity index (χ3n) is 9.84. The summed E-state index contributed by atoms with van der Waals surface area (Å²) in [5, 5.41) is 2.39. The van der Waals surface area contributed by atoms with Gasteiger partial charge in [-0.1, -0.05) is 107 Å². The van der Waals surface area contributed by atoms with Gasteiger partial charge in [-0.3, -0.25) is 4.98 Å². The topological polar surface area (TPSA) is 43.6 Å². The van der Waals surface area contributed by atoms with Crippen LogP contribution in [0, 0.1) is 0 Å². The molecule has 9 rings (SSSR count). The van der Waals surface area contributed by atoms with Crippen molar-refractivity contribution in [3.63, 3.8) is 0 Å². The maximum absolute atomic E-state index is 5.20. The first kappa shape index (κ1) is 24.5. The highest BCUT2D eigenvalue weighted by Gasteiger charge is 2.43. The lowest BCUT2D eigenvalue weighted by molar-refractivity contribution is 0.592. The number of hydrogen-bond donors (Lipinski definition) is 0. The second kappa shape index (κ2) is 8.26. The number of benzene rings is 4. The van der Waals surface area contributed by atoms with Crippen molar-refractivity contribution in [2.75, 3.05) is 0 Å². The number of hydrogen-bond acceptors (Lipinski definition) is 3. The van der Waals surface area contributed by atoms with Gasteiger partial charge in [0.25, 0.3) is 0 Å². The van der Waals surface area contributed by atoms with Gasteiger partial charge in [-0.25, -0.2) is 9.97 Å². The van der Waals surface area contributed by atoms with Gasteiger partial charge in [0.2, 0.25) is 0 Å². The zero-order chi connectivity index (χ0) is 29.1. The predicted octanol–water partition coefficient (Wildman–Crippen LogP) is 9.25. The van der Waals surface area contributed by atoms with Crippen LogP contribution in [0.1, 0.15) is 49.9 Å². The van der Waals surface area contributed by atoms with Crippen LogP contribution in [0.3, 0.4) is 0 Å². The molecule has 2 aliphatic heterocycles. The highest BCUT2D eigenvalue weighted by atomic mass is 15.0. The Morgan fingerprint density at radius 3 is 1.72 bits per heavy atom. The van der Waals surface area contributed by atoms with Gasteiger partial charge < -0.3 is 4.57 Å². The van der Waals surface area contributed by atoms with Crippen LogP contribution < -0.4 is 0 Å². The molecule has 206 valence electrons. The van der Waals surface area contributed by atoms with Crippen LogP contribution in [0.5, 0.6) is 0 Å². The summed E-state index contributed by atoms with van der Waals surface area (Å²) < 4.78 is 2.53. The second-order valence-electron chi connectivity index (χ2n) is 13.0. The summed E-state index contributed by atoms with van der Waals surface area (Å²) in [6.07, 6.45) is 4.11. The summed E-state index contributed by atoms with van der Waals surface area (Å²) in [5.41, 5.74) is 13.8. The predicted molar refractivity (Wildman–Crippen MR) is 175 cm³/mol. The molecule has 0 saturated carbocycles. The van der Waals surface area contributed by atoms with Gasteiger partial charge >= 0.3 is 0 Å². The van der Waals surface area contributed by atoms with Gasteiger partial charge in [-0.2, -0.15) is 0 Å². The molecule has 0 atom stereocenters. The van der Waals surface area contributed by atoms with E-state index < -0.39 is 0 Å². The van der Waals surface area contributed by atoms with E-state index in [0.29, 0.717) is 0 Å². The lowest BCUT2D eigenvalue weighted by atomic mass is 9.69. The average molecular weight is 555 g/mol. The van der Waals surface area contributed by atoms with Crippen molar-refractivity contribution >= 4 is 21.8 Å². The largest absolute Gasteiger partial charge is 0.308 e. The Morgan fingerprint density at radius 2 is 1.09 bits per heavy atom. The molecule has 0 aliphatic carbocycles. The SMILES string of the molecule is CC1(C)c2cccc3c2-n2c4c1cncc4c1cc(-c4nc(-c5ccccc5)cc(-c5ccccc5)n4)cc(c12)C3(C)C. The van der Waals surface area contributed by atoms with Gasteiger partial charge in [-0.15, -0.1) is 0 Å². The zero-order valence-electron chi connectivity index (χ0n) is 24.7. The quantitative estimate of drug-likeness (QED) is 0.219. The van der Waals surface area contributed by atoms with E-state index in [2.05, 4.69) is 123 Å². The molecule has 0 amide bonds. The molecule has 4 aromatic carbocycles. The van der Waals surface area contributed by atoms with E-state index in [9.17, 15) is 0 Å². The number of para-hydroxylation sites is 1. The van der Waals surface area contributed by atoms with E-state index in [1.807, 2.05) is 18.3 Å². The Morgan fingerprint density at radius 1 is 0.512 bits per heavy atom. The lowest BCUT2D eigenvalue weighted by Gasteiger charge is -2.41. The molecule has 7 aromatic rings. The van der Waals surface area contributed by atoms with Gasteiger partial charge in [0.1, 0.15) is 0 Å². The molecule has 43 heavy (non-hydrogen) atoms. The fourth-order valence-electron chi connectivity index (χ4n) is 7.54. The van der Waals surface area contributed by atoms with E-state index in [1.165, 1.54) is 49.7 Å². The van der Waals surface area contributed by atoms with E-state index >= 15 is 0 Å². The lowest BCUT2D eigenvalue weighted by Crippen LogP contribution is -2.33. The van der Waals surface area contributed by atoms with E-state index in [4.69, 9.17) is 15.0 Å². The molecule has 0 radical (unpaired) electrons. The van der Waals surface area contributed by atoms with E-state index in [0.717, 1.165) is 33.9 Å². The standard InChI is InChI=1S/C39H30N4/c1-38(2)28-16-11-17-29-36(28)43-34-26(27-21-40-22-31(35(27)43)39(29,3)4)18-25(19-30(34)38)37-41-32(23-12-7-5-8-13-23)20-33(42-37)24-14-9-6-10-15-24/h5-22H,1-4H3. The molecule has 0 fully saturated rings. The van der Waals surface area contributed by atoms with Crippen LogP contribution in [0.2, 0.25) is 0 Å². The van der Waals surface area contributed by atoms with Crippen molar-refractivity contribution < 1.29 is 0 Å². The summed E-state index contributed by atoms with van der Waals surface area (Å²) in [6.45, 7) is 9.39. The van der Waals surface area contributed by atoms with E-state index in [1.54, 1.807) is 0 Å². The Hall–Kier alpha value is -5.09. The number of fused-ring (bicyclic) bond motifs is 1.